The molecule has 149 heavy (non-hydrogen) atoms. The van der Waals surface area contributed by atoms with Gasteiger partial charge in [-0.05, 0) is 377 Å². The van der Waals surface area contributed by atoms with E-state index in [1.165, 1.54) is 62.6 Å². The molecule has 0 heterocycles. The van der Waals surface area contributed by atoms with Crippen LogP contribution in [0.2, 0.25) is 0 Å². The number of aromatic hydroxyl groups is 4. The second kappa shape index (κ2) is 44.8. The summed E-state index contributed by atoms with van der Waals surface area (Å²) in [6.45, 7) is 1.36. The second-order valence-electron chi connectivity index (χ2n) is 35.1. The van der Waals surface area contributed by atoms with Gasteiger partial charge in [0.1, 0.15) is 74.7 Å². The molecule has 21 aromatic carbocycles. The molecular weight excluding hydrogens is 2100 g/mol. The number of carbonyl (C=O) groups excluding carboxylic acids is 1. The smallest absolute Gasteiger partial charge is 0.870 e. The molecule has 0 amide bonds. The summed E-state index contributed by atoms with van der Waals surface area (Å²) in [7, 11) is 0. The van der Waals surface area contributed by atoms with Crippen LogP contribution < -0.4 is 42.5 Å². The zero-order valence-corrected chi connectivity index (χ0v) is 86.2. The maximum absolute atomic E-state index is 10.5. The molecule has 0 saturated carbocycles. The maximum atomic E-state index is 10.5. The molecule has 0 spiro atoms. The number of terminal acetylenes is 1. The third kappa shape index (κ3) is 22.5. The van der Waals surface area contributed by atoms with Crippen LogP contribution in [0.5, 0.6) is 74.7 Å². The fraction of sp³-hybridized carbons (Fsp3) is 0.0227. The van der Waals surface area contributed by atoms with E-state index in [1.807, 2.05) is 97.1 Å². The Hall–Kier alpha value is -17.2. The van der Waals surface area contributed by atoms with Crippen LogP contribution in [0.4, 0.5) is 0 Å². The van der Waals surface area contributed by atoms with E-state index in [0.29, 0.717) is 51.0 Å². The van der Waals surface area contributed by atoms with Crippen molar-refractivity contribution in [1.29, 1.82) is 0 Å². The van der Waals surface area contributed by atoms with Crippen LogP contribution in [0.3, 0.4) is 0 Å². The molecule has 712 valence electrons. The van der Waals surface area contributed by atoms with Crippen LogP contribution in [-0.4, -0.2) is 37.3 Å². The molecule has 21 aromatic rings. The van der Waals surface area contributed by atoms with E-state index >= 15 is 0 Å². The number of ether oxygens (including phenoxy) is 5. The molecule has 0 fully saturated rings. The molecule has 7 N–H and O–H groups in total. The van der Waals surface area contributed by atoms with Gasteiger partial charge in [0.2, 0.25) is 0 Å². The molecule has 0 aromatic heterocycles. The Morgan fingerprint density at radius 3 is 0.705 bits per heavy atom. The zero-order chi connectivity index (χ0) is 99.9. The van der Waals surface area contributed by atoms with Gasteiger partial charge in [0.15, 0.2) is 0 Å². The first-order valence-electron chi connectivity index (χ1n) is 46.7. The van der Waals surface area contributed by atoms with Crippen molar-refractivity contribution >= 4 is 113 Å². The second-order valence-corrected chi connectivity index (χ2v) is 38.8. The van der Waals surface area contributed by atoms with Gasteiger partial charge in [-0.2, -0.15) is 0 Å². The van der Waals surface area contributed by atoms with Gasteiger partial charge >= 0.3 is 24.8 Å². The van der Waals surface area contributed by atoms with Gasteiger partial charge in [-0.15, -0.1) is 6.42 Å². The predicted octanol–water partition coefficient (Wildman–Crippen LogP) is 28.9. The summed E-state index contributed by atoms with van der Waals surface area (Å²) in [5.74, 6) is 34.7. The average molecular weight is 2190 g/mol. The van der Waals surface area contributed by atoms with Gasteiger partial charge in [-0.25, -0.2) is 0 Å². The number of carbonyl (C=O) groups is 1. The first-order valence-corrected chi connectivity index (χ1v) is 49.9. The summed E-state index contributed by atoms with van der Waals surface area (Å²) >= 11 is 14.3. The topological polar surface area (TPSA) is 206 Å². The Labute approximate surface area is 907 Å². The number of benzene rings is 21. The fourth-order valence-corrected chi connectivity index (χ4v) is 21.5. The average Bonchev–Trinajstić information content (AvgIpc) is 1.54. The van der Waals surface area contributed by atoms with Crippen LogP contribution in [0.15, 0.2) is 455 Å². The van der Waals surface area contributed by atoms with E-state index in [4.69, 9.17) is 30.1 Å². The molecule has 2 aliphatic rings. The predicted molar refractivity (Wildman–Crippen MR) is 602 cm³/mol. The van der Waals surface area contributed by atoms with Crippen molar-refractivity contribution in [3.05, 3.63) is 549 Å². The standard InChI is InChI=1S/C77H46O6.C45H26Br4O2.C10H8O2.Li.2H2O/c78-65-31-17-51(18-32-65)9-13-55-41-56(14-10-52-19-33-66(79)34-20-52)44-71(43-55)82-69-39-27-59-47-63(29-25-61(59)49-69)77(75-7-3-1-5-73(75)74-6-2-4-8-76(74)77)64-30-26-62-50-70(40-28-60(62)48-64)83-72-45-57(15-11-53-21-35-67(80)36-22-53)42-58(46-72)16-12-54-23-37-68(81)38-24-54;46-33-21-34(47)24-39(23-33)50-37-15-11-27-17-31(13-9-29(27)19-37)45(43-7-3-1-5-41(43)42-6-2-4-8-44(42)45)32-14-10-30-20-38(16-12-28(30)18-32)51-40-25-35(48)22-36(49)26-40;1-3-9-4-6-10(7-5-9)12-8(2)11;;;/h1-8,17-50,78-81H;1-26H;1,4-7H,2H3;;2*1H2/q;;;+1;;/p-1. The van der Waals surface area contributed by atoms with Gasteiger partial charge < -0.3 is 55.1 Å². The summed E-state index contributed by atoms with van der Waals surface area (Å²) in [4.78, 5) is 10.5. The first-order chi connectivity index (χ1) is 71.2. The van der Waals surface area contributed by atoms with Gasteiger partial charge in [-0.1, -0.05) is 287 Å². The number of fused-ring (bicyclic) bond motifs is 10. The Morgan fingerprint density at radius 1 is 0.242 bits per heavy atom. The normalized spacial score (nSPS) is 11.5. The van der Waals surface area contributed by atoms with Crippen LogP contribution in [0.1, 0.15) is 102 Å². The molecule has 2 aliphatic carbocycles. The van der Waals surface area contributed by atoms with Gasteiger partial charge in [0.05, 0.1) is 10.8 Å². The molecule has 0 aliphatic heterocycles. The molecule has 0 bridgehead atoms. The molecule has 23 rings (SSSR count). The van der Waals surface area contributed by atoms with E-state index in [2.05, 4.69) is 335 Å². The van der Waals surface area contributed by atoms with E-state index in [0.717, 1.165) is 123 Å². The number of hydrogen-bond donors (Lipinski definition) is 4. The minimum absolute atomic E-state index is 0. The molecule has 0 radical (unpaired) electrons. The summed E-state index contributed by atoms with van der Waals surface area (Å²) < 4.78 is 34.4. The molecular formula is C132H83Br4LiO12. The van der Waals surface area contributed by atoms with Crippen molar-refractivity contribution in [3.8, 4) is 157 Å². The van der Waals surface area contributed by atoms with E-state index in [-0.39, 0.29) is 58.8 Å². The minimum Gasteiger partial charge on any atom is -0.870 e. The number of phenols is 4. The number of hydrogen-bond acceptors (Lipinski definition) is 11. The Kier molecular flexibility index (Phi) is 30.6. The van der Waals surface area contributed by atoms with Crippen LogP contribution in [0, 0.1) is 59.7 Å². The van der Waals surface area contributed by atoms with E-state index < -0.39 is 10.8 Å². The minimum atomic E-state index is -0.668. The van der Waals surface area contributed by atoms with Gasteiger partial charge in [-0.3, -0.25) is 4.79 Å². The van der Waals surface area contributed by atoms with Crippen LogP contribution in [-0.2, 0) is 15.6 Å². The monoisotopic (exact) mass is 2180 g/mol. The van der Waals surface area contributed by atoms with Crippen molar-refractivity contribution in [2.24, 2.45) is 0 Å². The molecule has 0 unspecified atom stereocenters. The number of halogens is 4. The van der Waals surface area contributed by atoms with Crippen molar-refractivity contribution < 1.29 is 78.7 Å². The first kappa shape index (κ1) is 102. The SMILES string of the molecule is Brc1cc(Br)cc(Oc2ccc3cc(C4(c5ccc6cc(Oc7cc(Br)cc(Br)c7)ccc6c5)c5ccccc5-c5ccccc54)ccc3c2)c1.C#Cc1ccc(OC(C)=O)cc1.O.Oc1ccc(C#Cc2cc(C#Cc3ccc(O)cc3)cc(Oc3ccc4cc(C5(c6ccc7cc(Oc8cc(C#Cc9ccc(O)cc9)cc(C#Cc9ccc(O)cc9)c8)ccc7c6)c6ccccc6-c6ccccc65)ccc4c3)c2)cc1.[Li+].[OH-]. The Bertz CT molecular complexity index is 8400. The van der Waals surface area contributed by atoms with Crippen molar-refractivity contribution in [2.45, 2.75) is 17.8 Å². The van der Waals surface area contributed by atoms with Crippen molar-refractivity contribution in [1.82, 2.24) is 0 Å². The third-order valence-corrected chi connectivity index (χ3v) is 27.3. The summed E-state index contributed by atoms with van der Waals surface area (Å²) in [6.07, 6.45) is 5.14. The Balaban J connectivity index is 0.000000186. The van der Waals surface area contributed by atoms with Gasteiger partial charge in [0, 0.05) is 74.9 Å². The van der Waals surface area contributed by atoms with E-state index in [1.54, 1.807) is 121 Å². The summed E-state index contributed by atoms with van der Waals surface area (Å²) in [5.41, 5.74) is 20.0. The summed E-state index contributed by atoms with van der Waals surface area (Å²) in [5, 5.41) is 47.9. The Morgan fingerprint density at radius 2 is 0.456 bits per heavy atom. The third-order valence-electron chi connectivity index (χ3n) is 25.5. The number of phenolic OH excluding ortho intramolecular Hbond substituents is 4. The molecule has 0 saturated heterocycles. The fourth-order valence-electron chi connectivity index (χ4n) is 19.0. The quantitative estimate of drug-likeness (QED) is 0.0370. The van der Waals surface area contributed by atoms with E-state index in [9.17, 15) is 25.2 Å². The van der Waals surface area contributed by atoms with Gasteiger partial charge in [0.25, 0.3) is 0 Å². The maximum Gasteiger partial charge on any atom is 1.00 e. The van der Waals surface area contributed by atoms with Crippen LogP contribution >= 0.6 is 63.7 Å². The molecule has 0 atom stereocenters. The molecule has 17 heteroatoms. The number of rotatable bonds is 13. The van der Waals surface area contributed by atoms with Crippen LogP contribution in [0.25, 0.3) is 65.3 Å². The molecule has 12 nitrogen and oxygen atoms in total. The van der Waals surface area contributed by atoms with Crippen molar-refractivity contribution in [2.75, 3.05) is 0 Å². The zero-order valence-electron chi connectivity index (χ0n) is 79.8. The summed E-state index contributed by atoms with van der Waals surface area (Å²) in [6, 6.07) is 144. The van der Waals surface area contributed by atoms with Crippen molar-refractivity contribution in [3.63, 3.8) is 0 Å². The largest absolute Gasteiger partial charge is 1.00 e. The number of esters is 1.